The quantitative estimate of drug-likeness (QED) is 0.775. The van der Waals surface area contributed by atoms with Crippen molar-refractivity contribution in [3.63, 3.8) is 0 Å². The third-order valence-electron chi connectivity index (χ3n) is 1.60. The highest BCUT2D eigenvalue weighted by atomic mass is 32.2. The topological polar surface area (TPSA) is 86.5 Å². The molecule has 1 rings (SSSR count). The molecule has 1 aromatic rings. The molecule has 16 heavy (non-hydrogen) atoms. The first kappa shape index (κ1) is 12.4. The van der Waals surface area contributed by atoms with Gasteiger partial charge in [0.05, 0.1) is 12.0 Å². The van der Waals surface area contributed by atoms with Gasteiger partial charge in [0.15, 0.2) is 0 Å². The van der Waals surface area contributed by atoms with Crippen molar-refractivity contribution >= 4 is 22.2 Å². The summed E-state index contributed by atoms with van der Waals surface area (Å²) in [4.78, 5) is 10.7. The summed E-state index contributed by atoms with van der Waals surface area (Å²) in [5.41, 5.74) is 5.61. The molecule has 0 bridgehead atoms. The van der Waals surface area contributed by atoms with E-state index in [1.165, 1.54) is 6.08 Å². The Morgan fingerprint density at radius 2 is 1.94 bits per heavy atom. The normalized spacial score (nSPS) is 11.6. The Morgan fingerprint density at radius 3 is 2.50 bits per heavy atom. The summed E-state index contributed by atoms with van der Waals surface area (Å²) in [5.74, 6) is -0.988. The minimum atomic E-state index is -4.00. The van der Waals surface area contributed by atoms with Crippen LogP contribution >= 0.6 is 0 Å². The van der Waals surface area contributed by atoms with E-state index in [4.69, 9.17) is 5.73 Å². The lowest BCUT2D eigenvalue weighted by atomic mass is 10.2. The number of rotatable bonds is 4. The Kier molecular flexibility index (Phi) is 4.21. The molecule has 0 fully saturated rings. The van der Waals surface area contributed by atoms with Gasteiger partial charge in [0, 0.05) is 0 Å². The number of carbonyl (C=O) groups is 1. The summed E-state index contributed by atoms with van der Waals surface area (Å²) in [6.07, 6.45) is 1.33. The first-order chi connectivity index (χ1) is 7.53. The van der Waals surface area contributed by atoms with Crippen LogP contribution in [0.2, 0.25) is 0 Å². The van der Waals surface area contributed by atoms with Crippen LogP contribution in [0.5, 0.6) is 0 Å². The lowest BCUT2D eigenvalue weighted by Gasteiger charge is -1.98. The van der Waals surface area contributed by atoms with Gasteiger partial charge >= 0.3 is 16.1 Å². The molecular weight excluding hydrogens is 230 g/mol. The fourth-order valence-corrected chi connectivity index (χ4v) is 1.62. The van der Waals surface area contributed by atoms with Crippen molar-refractivity contribution in [2.24, 2.45) is 5.73 Å². The average molecular weight is 241 g/mol. The molecular formula is C10H11NO4S. The van der Waals surface area contributed by atoms with Crippen LogP contribution in [-0.2, 0) is 19.1 Å². The molecule has 6 heteroatoms. The maximum atomic E-state index is 11.2. The summed E-state index contributed by atoms with van der Waals surface area (Å²) in [6, 6.07) is 8.77. The van der Waals surface area contributed by atoms with Gasteiger partial charge in [-0.05, 0) is 11.6 Å². The molecule has 0 aliphatic carbocycles. The van der Waals surface area contributed by atoms with Gasteiger partial charge < -0.3 is 9.92 Å². The molecule has 2 N–H and O–H groups in total. The number of carbonyl (C=O) groups excluding carboxylic acids is 1. The van der Waals surface area contributed by atoms with E-state index in [1.807, 2.05) is 0 Å². The Balaban J connectivity index is 2.74. The predicted molar refractivity (Wildman–Crippen MR) is 59.5 cm³/mol. The molecule has 0 aliphatic rings. The van der Waals surface area contributed by atoms with Crippen LogP contribution in [0.3, 0.4) is 0 Å². The fraction of sp³-hybridized carbons (Fsp3) is 0.100. The van der Waals surface area contributed by atoms with Gasteiger partial charge in [0.2, 0.25) is 0 Å². The number of hydrogen-bond acceptors (Lipinski definition) is 5. The molecule has 86 valence electrons. The summed E-state index contributed by atoms with van der Waals surface area (Å²) >= 11 is 0. The molecule has 0 aromatic heterocycles. The molecule has 0 aliphatic heterocycles. The van der Waals surface area contributed by atoms with Crippen molar-refractivity contribution in [3.8, 4) is 0 Å². The third-order valence-corrected chi connectivity index (χ3v) is 2.49. The van der Waals surface area contributed by atoms with Crippen LogP contribution in [0.25, 0.3) is 6.08 Å². The largest absolute Gasteiger partial charge is 0.341 e. The van der Waals surface area contributed by atoms with Gasteiger partial charge in [-0.2, -0.15) is 8.42 Å². The molecule has 1 aromatic carbocycles. The Labute approximate surface area is 93.7 Å². The van der Waals surface area contributed by atoms with Gasteiger partial charge in [0.25, 0.3) is 0 Å². The van der Waals surface area contributed by atoms with E-state index >= 15 is 0 Å². The average Bonchev–Trinajstić information content (AvgIpc) is 2.27. The van der Waals surface area contributed by atoms with Gasteiger partial charge in [-0.15, -0.1) is 0 Å². The number of nitrogens with two attached hydrogens (primary N) is 1. The maximum Gasteiger partial charge on any atom is 0.335 e. The van der Waals surface area contributed by atoms with Crippen LogP contribution in [-0.4, -0.2) is 20.9 Å². The standard InChI is InChI=1S/C10H11NO4S/c11-8-10(12)15-16(13,14)7-6-9-4-2-1-3-5-9/h1-7H,8,11H2. The number of benzene rings is 1. The maximum absolute atomic E-state index is 11.2. The minimum absolute atomic E-state index is 0.474. The highest BCUT2D eigenvalue weighted by molar-refractivity contribution is 7.90. The van der Waals surface area contributed by atoms with Crippen LogP contribution in [0.1, 0.15) is 5.56 Å². The molecule has 0 unspecified atom stereocenters. The predicted octanol–water partition coefficient (Wildman–Crippen LogP) is 0.489. The van der Waals surface area contributed by atoms with Gasteiger partial charge in [0.1, 0.15) is 0 Å². The SMILES string of the molecule is NCC(=O)OS(=O)(=O)C=Cc1ccccc1. The minimum Gasteiger partial charge on any atom is -0.341 e. The second-order valence-corrected chi connectivity index (χ2v) is 4.29. The first-order valence-electron chi connectivity index (χ1n) is 4.44. The van der Waals surface area contributed by atoms with Crippen LogP contribution in [0.4, 0.5) is 0 Å². The summed E-state index contributed by atoms with van der Waals surface area (Å²) in [7, 11) is -4.00. The molecule has 0 atom stereocenters. The molecule has 0 spiro atoms. The van der Waals surface area contributed by atoms with E-state index in [2.05, 4.69) is 4.18 Å². The van der Waals surface area contributed by atoms with Crippen molar-refractivity contribution in [2.75, 3.05) is 6.54 Å². The molecule has 0 saturated carbocycles. The lowest BCUT2D eigenvalue weighted by Crippen LogP contribution is -2.19. The Morgan fingerprint density at radius 1 is 1.31 bits per heavy atom. The first-order valence-corrected chi connectivity index (χ1v) is 5.91. The van der Waals surface area contributed by atoms with Crippen LogP contribution in [0, 0.1) is 0 Å². The summed E-state index contributed by atoms with van der Waals surface area (Å²) in [5, 5.41) is 0.815. The highest BCUT2D eigenvalue weighted by Crippen LogP contribution is 2.04. The molecule has 0 amide bonds. The zero-order valence-corrected chi connectivity index (χ0v) is 9.18. The Bertz CT molecular complexity index is 479. The highest BCUT2D eigenvalue weighted by Gasteiger charge is 2.11. The van der Waals surface area contributed by atoms with Crippen LogP contribution in [0.15, 0.2) is 35.7 Å². The third kappa shape index (κ3) is 4.24. The van der Waals surface area contributed by atoms with Gasteiger partial charge in [-0.1, -0.05) is 30.3 Å². The summed E-state index contributed by atoms with van der Waals surface area (Å²) in [6.45, 7) is -0.474. The van der Waals surface area contributed by atoms with E-state index in [0.717, 1.165) is 5.41 Å². The molecule has 0 radical (unpaired) electrons. The van der Waals surface area contributed by atoms with Gasteiger partial charge in [-0.25, -0.2) is 4.79 Å². The molecule has 0 saturated heterocycles. The lowest BCUT2D eigenvalue weighted by molar-refractivity contribution is -0.132. The number of hydrogen-bond donors (Lipinski definition) is 1. The smallest absolute Gasteiger partial charge is 0.335 e. The van der Waals surface area contributed by atoms with Crippen molar-refractivity contribution in [1.29, 1.82) is 0 Å². The second kappa shape index (κ2) is 5.43. The fourth-order valence-electron chi connectivity index (χ4n) is 0.917. The van der Waals surface area contributed by atoms with Crippen molar-refractivity contribution in [3.05, 3.63) is 41.3 Å². The van der Waals surface area contributed by atoms with Gasteiger partial charge in [-0.3, -0.25) is 0 Å². The van der Waals surface area contributed by atoms with E-state index in [-0.39, 0.29) is 0 Å². The molecule has 5 nitrogen and oxygen atoms in total. The molecule has 0 heterocycles. The zero-order chi connectivity index (χ0) is 12.0. The van der Waals surface area contributed by atoms with E-state index in [0.29, 0.717) is 5.56 Å². The van der Waals surface area contributed by atoms with E-state index in [1.54, 1.807) is 30.3 Å². The summed E-state index contributed by atoms with van der Waals surface area (Å²) < 4.78 is 26.5. The van der Waals surface area contributed by atoms with E-state index < -0.39 is 22.6 Å². The second-order valence-electron chi connectivity index (χ2n) is 2.87. The van der Waals surface area contributed by atoms with Crippen molar-refractivity contribution in [2.45, 2.75) is 0 Å². The van der Waals surface area contributed by atoms with Crippen molar-refractivity contribution in [1.82, 2.24) is 0 Å². The zero-order valence-electron chi connectivity index (χ0n) is 8.37. The van der Waals surface area contributed by atoms with Crippen LogP contribution < -0.4 is 5.73 Å². The van der Waals surface area contributed by atoms with Crippen molar-refractivity contribution < 1.29 is 17.4 Å². The van der Waals surface area contributed by atoms with E-state index in [9.17, 15) is 13.2 Å². The Hall–Kier alpha value is -1.66. The monoisotopic (exact) mass is 241 g/mol.